The van der Waals surface area contributed by atoms with Crippen molar-refractivity contribution in [1.29, 1.82) is 0 Å². The van der Waals surface area contributed by atoms with Crippen LogP contribution in [0.4, 0.5) is 5.69 Å². The zero-order valence-corrected chi connectivity index (χ0v) is 17.5. The first-order chi connectivity index (χ1) is 13.7. The number of fused-ring (bicyclic) bond motifs is 1. The Hall–Kier alpha value is -3.21. The van der Waals surface area contributed by atoms with Gasteiger partial charge >= 0.3 is 5.97 Å². The number of esters is 1. The first-order valence-corrected chi connectivity index (χ1v) is 9.69. The van der Waals surface area contributed by atoms with Gasteiger partial charge in [0.2, 0.25) is 0 Å². The molecule has 2 aromatic carbocycles. The Labute approximate surface area is 171 Å². The molecule has 1 heterocycles. The van der Waals surface area contributed by atoms with Crippen LogP contribution in [0.15, 0.2) is 48.5 Å². The molecule has 5 heteroatoms. The van der Waals surface area contributed by atoms with Crippen molar-refractivity contribution in [1.82, 2.24) is 4.98 Å². The number of hydrogen-bond acceptors (Lipinski definition) is 4. The maximum Gasteiger partial charge on any atom is 0.338 e. The molecule has 0 saturated carbocycles. The maximum absolute atomic E-state index is 12.8. The van der Waals surface area contributed by atoms with Crippen LogP contribution in [0, 0.1) is 6.92 Å². The van der Waals surface area contributed by atoms with Crippen molar-refractivity contribution < 1.29 is 14.3 Å². The van der Waals surface area contributed by atoms with E-state index in [4.69, 9.17) is 4.74 Å². The summed E-state index contributed by atoms with van der Waals surface area (Å²) in [6.45, 7) is 10.3. The Bertz CT molecular complexity index is 1060. The number of amides is 1. The first kappa shape index (κ1) is 20.5. The molecule has 1 aromatic heterocycles. The number of aromatic nitrogens is 1. The number of aryl methyl sites for hydroxylation is 1. The Morgan fingerprint density at radius 2 is 1.66 bits per heavy atom. The molecule has 1 N–H and O–H groups in total. The third-order valence-corrected chi connectivity index (χ3v) is 4.71. The SMILES string of the molecule is CCOC(=O)c1ccc2nc(C)cc(NC(=O)c3ccc(C(C)(C)C)cc3)c2c1. The fraction of sp³-hybridized carbons (Fsp3) is 0.292. The number of hydrogen-bond donors (Lipinski definition) is 1. The molecule has 0 saturated heterocycles. The second-order valence-electron chi connectivity index (χ2n) is 8.05. The lowest BCUT2D eigenvalue weighted by Gasteiger charge is -2.19. The van der Waals surface area contributed by atoms with E-state index in [9.17, 15) is 9.59 Å². The van der Waals surface area contributed by atoms with Crippen molar-refractivity contribution in [3.63, 3.8) is 0 Å². The van der Waals surface area contributed by atoms with Crippen LogP contribution in [0.1, 0.15) is 59.7 Å². The predicted molar refractivity (Wildman–Crippen MR) is 116 cm³/mol. The molecule has 0 radical (unpaired) electrons. The smallest absolute Gasteiger partial charge is 0.338 e. The van der Waals surface area contributed by atoms with Gasteiger partial charge in [0.15, 0.2) is 0 Å². The average Bonchev–Trinajstić information content (AvgIpc) is 2.67. The summed E-state index contributed by atoms with van der Waals surface area (Å²) in [6.07, 6.45) is 0. The minimum absolute atomic E-state index is 0.0247. The number of nitrogens with one attached hydrogen (secondary N) is 1. The summed E-state index contributed by atoms with van der Waals surface area (Å²) in [5.74, 6) is -0.607. The highest BCUT2D eigenvalue weighted by molar-refractivity contribution is 6.09. The van der Waals surface area contributed by atoms with Crippen molar-refractivity contribution in [3.05, 3.63) is 70.9 Å². The molecule has 0 aliphatic heterocycles. The van der Waals surface area contributed by atoms with Crippen LogP contribution in [0.5, 0.6) is 0 Å². The third kappa shape index (κ3) is 4.62. The van der Waals surface area contributed by atoms with Gasteiger partial charge in [-0.25, -0.2) is 4.79 Å². The van der Waals surface area contributed by atoms with Crippen molar-refractivity contribution in [2.24, 2.45) is 0 Å². The van der Waals surface area contributed by atoms with Crippen molar-refractivity contribution in [2.45, 2.75) is 40.0 Å². The molecule has 3 aromatic rings. The quantitative estimate of drug-likeness (QED) is 0.616. The number of pyridine rings is 1. The summed E-state index contributed by atoms with van der Waals surface area (Å²) in [6, 6.07) is 14.6. The molecule has 0 aliphatic rings. The van der Waals surface area contributed by atoms with Gasteiger partial charge in [-0.3, -0.25) is 9.78 Å². The molecule has 29 heavy (non-hydrogen) atoms. The maximum atomic E-state index is 12.8. The number of benzene rings is 2. The van der Waals surface area contributed by atoms with Crippen LogP contribution in [0.2, 0.25) is 0 Å². The molecular formula is C24H26N2O3. The molecule has 3 rings (SSSR count). The number of carbonyl (C=O) groups excluding carboxylic acids is 2. The Morgan fingerprint density at radius 3 is 2.28 bits per heavy atom. The predicted octanol–water partition coefficient (Wildman–Crippen LogP) is 5.27. The van der Waals surface area contributed by atoms with Crippen LogP contribution >= 0.6 is 0 Å². The van der Waals surface area contributed by atoms with Crippen LogP contribution in [-0.2, 0) is 10.2 Å². The Balaban J connectivity index is 1.94. The summed E-state index contributed by atoms with van der Waals surface area (Å²) in [5, 5.41) is 3.66. The Kier molecular flexibility index (Phi) is 5.69. The highest BCUT2D eigenvalue weighted by Crippen LogP contribution is 2.26. The minimum Gasteiger partial charge on any atom is -0.462 e. The van der Waals surface area contributed by atoms with Crippen molar-refractivity contribution in [3.8, 4) is 0 Å². The zero-order chi connectivity index (χ0) is 21.2. The summed E-state index contributed by atoms with van der Waals surface area (Å²) >= 11 is 0. The van der Waals surface area contributed by atoms with Gasteiger partial charge in [-0.05, 0) is 61.2 Å². The normalized spacial score (nSPS) is 11.3. The molecule has 0 atom stereocenters. The highest BCUT2D eigenvalue weighted by Gasteiger charge is 2.16. The first-order valence-electron chi connectivity index (χ1n) is 9.69. The van der Waals surface area contributed by atoms with E-state index in [-0.39, 0.29) is 11.3 Å². The second-order valence-corrected chi connectivity index (χ2v) is 8.05. The third-order valence-electron chi connectivity index (χ3n) is 4.71. The highest BCUT2D eigenvalue weighted by atomic mass is 16.5. The topological polar surface area (TPSA) is 68.3 Å². The monoisotopic (exact) mass is 390 g/mol. The number of carbonyl (C=O) groups is 2. The van der Waals surface area contributed by atoms with Crippen LogP contribution in [0.25, 0.3) is 10.9 Å². The van der Waals surface area contributed by atoms with Crippen molar-refractivity contribution in [2.75, 3.05) is 11.9 Å². The van der Waals surface area contributed by atoms with Crippen molar-refractivity contribution >= 4 is 28.5 Å². The standard InChI is InChI=1S/C24H26N2O3/c1-6-29-23(28)17-9-12-20-19(14-17)21(13-15(2)25-20)26-22(27)16-7-10-18(11-8-16)24(3,4)5/h7-14H,6H2,1-5H3,(H,25,26,27). The number of nitrogens with zero attached hydrogens (tertiary/aromatic N) is 1. The largest absolute Gasteiger partial charge is 0.462 e. The van der Waals surface area contributed by atoms with E-state index in [1.807, 2.05) is 31.2 Å². The Morgan fingerprint density at radius 1 is 1.00 bits per heavy atom. The molecule has 0 fully saturated rings. The van der Waals surface area contributed by atoms with Gasteiger partial charge in [0.1, 0.15) is 0 Å². The van der Waals surface area contributed by atoms with E-state index in [2.05, 4.69) is 31.1 Å². The number of ether oxygens (including phenoxy) is 1. The number of rotatable bonds is 4. The van der Waals surface area contributed by atoms with Crippen LogP contribution in [0.3, 0.4) is 0 Å². The van der Waals surface area contributed by atoms with E-state index in [1.54, 1.807) is 31.2 Å². The lowest BCUT2D eigenvalue weighted by Crippen LogP contribution is -2.15. The van der Waals surface area contributed by atoms with Crippen LogP contribution in [-0.4, -0.2) is 23.5 Å². The van der Waals surface area contributed by atoms with Gasteiger partial charge in [0, 0.05) is 16.6 Å². The zero-order valence-electron chi connectivity index (χ0n) is 17.5. The van der Waals surface area contributed by atoms with E-state index in [0.717, 1.165) is 5.69 Å². The van der Waals surface area contributed by atoms with E-state index in [1.165, 1.54) is 5.56 Å². The molecular weight excluding hydrogens is 364 g/mol. The summed E-state index contributed by atoms with van der Waals surface area (Å²) in [5.41, 5.74) is 4.28. The van der Waals surface area contributed by atoms with Gasteiger partial charge < -0.3 is 10.1 Å². The van der Waals surface area contributed by atoms with E-state index in [0.29, 0.717) is 34.3 Å². The van der Waals surface area contributed by atoms with Gasteiger partial charge in [0.25, 0.3) is 5.91 Å². The molecule has 0 unspecified atom stereocenters. The van der Waals surface area contributed by atoms with Gasteiger partial charge in [-0.15, -0.1) is 0 Å². The van der Waals surface area contributed by atoms with Gasteiger partial charge in [0.05, 0.1) is 23.4 Å². The lowest BCUT2D eigenvalue weighted by atomic mass is 9.87. The van der Waals surface area contributed by atoms with Gasteiger partial charge in [-0.1, -0.05) is 32.9 Å². The number of anilines is 1. The molecule has 1 amide bonds. The molecule has 0 bridgehead atoms. The van der Waals surface area contributed by atoms with Gasteiger partial charge in [-0.2, -0.15) is 0 Å². The molecule has 0 spiro atoms. The van der Waals surface area contributed by atoms with Crippen LogP contribution < -0.4 is 5.32 Å². The second kappa shape index (κ2) is 8.03. The summed E-state index contributed by atoms with van der Waals surface area (Å²) in [7, 11) is 0. The fourth-order valence-electron chi connectivity index (χ4n) is 3.12. The molecule has 0 aliphatic carbocycles. The average molecular weight is 390 g/mol. The summed E-state index contributed by atoms with van der Waals surface area (Å²) in [4.78, 5) is 29.4. The lowest BCUT2D eigenvalue weighted by molar-refractivity contribution is 0.0526. The molecule has 150 valence electrons. The fourth-order valence-corrected chi connectivity index (χ4v) is 3.12. The minimum atomic E-state index is -0.398. The van der Waals surface area contributed by atoms with E-state index < -0.39 is 5.97 Å². The summed E-state index contributed by atoms with van der Waals surface area (Å²) < 4.78 is 5.08. The van der Waals surface area contributed by atoms with E-state index >= 15 is 0 Å². The molecule has 5 nitrogen and oxygen atoms in total.